The molecule has 14 heavy (non-hydrogen) atoms. The van der Waals surface area contributed by atoms with Crippen LogP contribution in [-0.4, -0.2) is 15.5 Å². The number of primary sulfonamides is 1. The van der Waals surface area contributed by atoms with Gasteiger partial charge in [-0.15, -0.1) is 0 Å². The van der Waals surface area contributed by atoms with E-state index in [-0.39, 0.29) is 0 Å². The van der Waals surface area contributed by atoms with Crippen molar-refractivity contribution in [1.82, 2.24) is 0 Å². The summed E-state index contributed by atoms with van der Waals surface area (Å²) in [6.07, 6.45) is 0. The van der Waals surface area contributed by atoms with Crippen molar-refractivity contribution in [3.8, 4) is 16.9 Å². The molecule has 0 bridgehead atoms. The van der Waals surface area contributed by atoms with Crippen molar-refractivity contribution in [2.24, 2.45) is 5.14 Å². The van der Waals surface area contributed by atoms with Crippen molar-refractivity contribution < 1.29 is 13.2 Å². The fourth-order valence-corrected chi connectivity index (χ4v) is 1.06. The number of nitrogens with two attached hydrogens (primary N) is 1. The molecule has 0 fully saturated rings. The smallest absolute Gasteiger partial charge is 0.278 e. The van der Waals surface area contributed by atoms with Crippen LogP contribution in [0.4, 0.5) is 0 Å². The molecular formula is C9H9NO3S. The highest BCUT2D eigenvalue weighted by Gasteiger charge is 1.93. The lowest BCUT2D eigenvalue weighted by atomic mass is 10.2. The Morgan fingerprint density at radius 3 is 2.29 bits per heavy atom. The number of benzene rings is 1. The lowest BCUT2D eigenvalue weighted by Gasteiger charge is -1.97. The average molecular weight is 211 g/mol. The first kappa shape index (κ1) is 10.6. The van der Waals surface area contributed by atoms with Crippen LogP contribution in [0.3, 0.4) is 0 Å². The van der Waals surface area contributed by atoms with Crippen LogP contribution in [0.1, 0.15) is 5.56 Å². The van der Waals surface area contributed by atoms with Gasteiger partial charge in [0.25, 0.3) is 10.0 Å². The molecule has 2 N–H and O–H groups in total. The zero-order chi connectivity index (χ0) is 10.6. The minimum atomic E-state index is -3.73. The third-order valence-corrected chi connectivity index (χ3v) is 1.81. The van der Waals surface area contributed by atoms with Crippen LogP contribution in [0.25, 0.3) is 0 Å². The van der Waals surface area contributed by atoms with Gasteiger partial charge in [0.05, 0.1) is 7.11 Å². The molecule has 0 spiro atoms. The van der Waals surface area contributed by atoms with Gasteiger partial charge < -0.3 is 4.74 Å². The van der Waals surface area contributed by atoms with Crippen LogP contribution >= 0.6 is 0 Å². The van der Waals surface area contributed by atoms with Crippen molar-refractivity contribution in [3.63, 3.8) is 0 Å². The zero-order valence-electron chi connectivity index (χ0n) is 7.52. The third-order valence-electron chi connectivity index (χ3n) is 1.43. The van der Waals surface area contributed by atoms with Gasteiger partial charge in [0, 0.05) is 10.8 Å². The maximum absolute atomic E-state index is 10.5. The summed E-state index contributed by atoms with van der Waals surface area (Å²) < 4.78 is 25.9. The van der Waals surface area contributed by atoms with Gasteiger partial charge in [-0.1, -0.05) is 0 Å². The molecule has 1 aromatic rings. The summed E-state index contributed by atoms with van der Waals surface area (Å²) in [7, 11) is -2.18. The van der Waals surface area contributed by atoms with Gasteiger partial charge in [0.1, 0.15) is 5.75 Å². The summed E-state index contributed by atoms with van der Waals surface area (Å²) in [4.78, 5) is 0. The normalized spacial score (nSPS) is 10.1. The van der Waals surface area contributed by atoms with E-state index in [9.17, 15) is 8.42 Å². The van der Waals surface area contributed by atoms with E-state index in [2.05, 4.69) is 5.92 Å². The molecule has 0 saturated carbocycles. The molecule has 0 radical (unpaired) electrons. The van der Waals surface area contributed by atoms with E-state index in [0.717, 1.165) is 0 Å². The average Bonchev–Trinajstić information content (AvgIpc) is 2.14. The van der Waals surface area contributed by atoms with Crippen molar-refractivity contribution in [1.29, 1.82) is 0 Å². The standard InChI is InChI=1S/C9H9NO3S/c1-13-9-4-2-8(3-5-9)6-7-14(10,11)12/h2-5H,1H3,(H2,10,11,12). The van der Waals surface area contributed by atoms with Gasteiger partial charge >= 0.3 is 0 Å². The molecule has 0 saturated heterocycles. The molecule has 0 aliphatic carbocycles. The molecule has 0 atom stereocenters. The second-order valence-electron chi connectivity index (χ2n) is 2.50. The number of ether oxygens (including phenoxy) is 1. The minimum absolute atomic E-state index is 0.569. The topological polar surface area (TPSA) is 69.4 Å². The number of hydrogen-bond acceptors (Lipinski definition) is 3. The predicted molar refractivity (Wildman–Crippen MR) is 53.0 cm³/mol. The molecule has 0 aromatic heterocycles. The van der Waals surface area contributed by atoms with Crippen LogP contribution in [0.2, 0.25) is 0 Å². The summed E-state index contributed by atoms with van der Waals surface area (Å²) in [5.41, 5.74) is 0.569. The Balaban J connectivity index is 2.93. The van der Waals surface area contributed by atoms with E-state index >= 15 is 0 Å². The molecule has 0 aliphatic rings. The van der Waals surface area contributed by atoms with Crippen LogP contribution in [-0.2, 0) is 10.0 Å². The SMILES string of the molecule is COc1ccc(C#CS(N)(=O)=O)cc1. The lowest BCUT2D eigenvalue weighted by Crippen LogP contribution is -2.07. The maximum Gasteiger partial charge on any atom is 0.278 e. The van der Waals surface area contributed by atoms with E-state index in [4.69, 9.17) is 9.88 Å². The second-order valence-corrected chi connectivity index (χ2v) is 3.79. The number of methoxy groups -OCH3 is 1. The molecule has 0 aliphatic heterocycles. The Morgan fingerprint density at radius 1 is 1.29 bits per heavy atom. The minimum Gasteiger partial charge on any atom is -0.497 e. The predicted octanol–water partition coefficient (Wildman–Crippen LogP) is 0.293. The highest BCUT2D eigenvalue weighted by molar-refractivity contribution is 7.93. The lowest BCUT2D eigenvalue weighted by molar-refractivity contribution is 0.415. The highest BCUT2D eigenvalue weighted by Crippen LogP contribution is 2.09. The molecule has 4 nitrogen and oxygen atoms in total. The highest BCUT2D eigenvalue weighted by atomic mass is 32.2. The fraction of sp³-hybridized carbons (Fsp3) is 0.111. The first-order valence-electron chi connectivity index (χ1n) is 3.71. The third kappa shape index (κ3) is 3.47. The molecule has 1 aromatic carbocycles. The summed E-state index contributed by atoms with van der Waals surface area (Å²) in [5.74, 6) is 3.10. The van der Waals surface area contributed by atoms with E-state index in [1.54, 1.807) is 31.4 Å². The van der Waals surface area contributed by atoms with Gasteiger partial charge in [-0.3, -0.25) is 0 Å². The number of sulfonamides is 1. The molecule has 74 valence electrons. The summed E-state index contributed by atoms with van der Waals surface area (Å²) in [6, 6.07) is 6.67. The molecular weight excluding hydrogens is 202 g/mol. The molecule has 0 heterocycles. The van der Waals surface area contributed by atoms with Crippen LogP contribution in [0, 0.1) is 11.2 Å². The van der Waals surface area contributed by atoms with Crippen LogP contribution in [0.15, 0.2) is 24.3 Å². The monoisotopic (exact) mass is 211 g/mol. The fourth-order valence-electron chi connectivity index (χ4n) is 0.804. The number of hydrogen-bond donors (Lipinski definition) is 1. The quantitative estimate of drug-likeness (QED) is 0.679. The summed E-state index contributed by atoms with van der Waals surface area (Å²) in [5, 5.41) is 6.65. The Hall–Kier alpha value is -1.51. The van der Waals surface area contributed by atoms with E-state index in [0.29, 0.717) is 11.3 Å². The first-order chi connectivity index (χ1) is 6.51. The van der Waals surface area contributed by atoms with Crippen LogP contribution in [0.5, 0.6) is 5.75 Å². The number of rotatable bonds is 1. The van der Waals surface area contributed by atoms with Crippen molar-refractivity contribution >= 4 is 10.0 Å². The van der Waals surface area contributed by atoms with Gasteiger partial charge in [-0.25, -0.2) is 5.14 Å². The van der Waals surface area contributed by atoms with E-state index < -0.39 is 10.0 Å². The maximum atomic E-state index is 10.5. The van der Waals surface area contributed by atoms with Gasteiger partial charge in [-0.05, 0) is 30.2 Å². The first-order valence-corrected chi connectivity index (χ1v) is 5.25. The molecule has 0 unspecified atom stereocenters. The zero-order valence-corrected chi connectivity index (χ0v) is 8.34. The molecule has 0 amide bonds. The van der Waals surface area contributed by atoms with Gasteiger partial charge in [0.15, 0.2) is 0 Å². The van der Waals surface area contributed by atoms with Gasteiger partial charge in [0.2, 0.25) is 0 Å². The van der Waals surface area contributed by atoms with Crippen molar-refractivity contribution in [2.75, 3.05) is 7.11 Å². The molecule has 1 rings (SSSR count). The summed E-state index contributed by atoms with van der Waals surface area (Å²) >= 11 is 0. The Bertz CT molecular complexity index is 465. The Labute approximate surface area is 82.7 Å². The Kier molecular flexibility index (Phi) is 3.12. The van der Waals surface area contributed by atoms with Gasteiger partial charge in [-0.2, -0.15) is 8.42 Å². The van der Waals surface area contributed by atoms with E-state index in [1.165, 1.54) is 0 Å². The summed E-state index contributed by atoms with van der Waals surface area (Å²) in [6.45, 7) is 0. The molecule has 5 heteroatoms. The largest absolute Gasteiger partial charge is 0.497 e. The van der Waals surface area contributed by atoms with E-state index in [1.807, 2.05) is 5.25 Å². The van der Waals surface area contributed by atoms with Crippen LogP contribution < -0.4 is 9.88 Å². The van der Waals surface area contributed by atoms with Crippen molar-refractivity contribution in [3.05, 3.63) is 29.8 Å². The van der Waals surface area contributed by atoms with Crippen molar-refractivity contribution in [2.45, 2.75) is 0 Å². The Morgan fingerprint density at radius 2 is 1.86 bits per heavy atom. The second kappa shape index (κ2) is 4.13.